The number of nitrogens with zero attached hydrogens (tertiary/aromatic N) is 1. The van der Waals surface area contributed by atoms with E-state index in [1.807, 2.05) is 4.90 Å². The molecule has 2 N–H and O–H groups in total. The summed E-state index contributed by atoms with van der Waals surface area (Å²) in [6.45, 7) is 1.74. The van der Waals surface area contributed by atoms with Crippen molar-refractivity contribution in [1.82, 2.24) is 4.90 Å². The van der Waals surface area contributed by atoms with E-state index >= 15 is 0 Å². The summed E-state index contributed by atoms with van der Waals surface area (Å²) in [5.74, 6) is 2.50. The first-order valence-corrected chi connectivity index (χ1v) is 6.65. The average molecular weight is 234 g/mol. The molecular formula is C14H22N2O. The largest absolute Gasteiger partial charge is 0.341 e. The quantitative estimate of drug-likeness (QED) is 0.736. The number of amides is 1. The van der Waals surface area contributed by atoms with Crippen molar-refractivity contribution in [3.05, 3.63) is 0 Å². The van der Waals surface area contributed by atoms with Crippen molar-refractivity contribution in [1.29, 1.82) is 0 Å². The summed E-state index contributed by atoms with van der Waals surface area (Å²) in [4.78, 5) is 13.9. The molecule has 2 rings (SSSR count). The fraction of sp³-hybridized carbons (Fsp3) is 0.786. The van der Waals surface area contributed by atoms with E-state index in [1.54, 1.807) is 0 Å². The van der Waals surface area contributed by atoms with Crippen molar-refractivity contribution in [2.75, 3.05) is 13.1 Å². The number of carbonyl (C=O) groups is 1. The Kier molecular flexibility index (Phi) is 3.73. The van der Waals surface area contributed by atoms with Crippen LogP contribution in [0.1, 0.15) is 44.9 Å². The second kappa shape index (κ2) is 5.10. The molecule has 1 spiro atoms. The molecule has 0 bridgehead atoms. The predicted octanol–water partition coefficient (Wildman–Crippen LogP) is 1.52. The van der Waals surface area contributed by atoms with Crippen molar-refractivity contribution in [3.63, 3.8) is 0 Å². The Labute approximate surface area is 104 Å². The van der Waals surface area contributed by atoms with Gasteiger partial charge in [-0.05, 0) is 31.1 Å². The lowest BCUT2D eigenvalue weighted by Crippen LogP contribution is -2.48. The van der Waals surface area contributed by atoms with E-state index in [9.17, 15) is 4.79 Å². The number of hydrogen-bond donors (Lipinski definition) is 1. The molecule has 3 nitrogen and oxygen atoms in total. The average Bonchev–Trinajstić information content (AvgIpc) is 2.78. The molecule has 2 aliphatic rings. The Hall–Kier alpha value is -1.01. The third-order valence-corrected chi connectivity index (χ3v) is 4.45. The summed E-state index contributed by atoms with van der Waals surface area (Å²) in [6.07, 6.45) is 13.3. The third kappa shape index (κ3) is 2.63. The molecule has 1 atom stereocenters. The molecule has 94 valence electrons. The van der Waals surface area contributed by atoms with Gasteiger partial charge in [0.25, 0.3) is 0 Å². The molecule has 1 unspecified atom stereocenters. The summed E-state index contributed by atoms with van der Waals surface area (Å²) in [7, 11) is 0. The Balaban J connectivity index is 1.86. The summed E-state index contributed by atoms with van der Waals surface area (Å²) in [5.41, 5.74) is 6.32. The van der Waals surface area contributed by atoms with Crippen molar-refractivity contribution in [3.8, 4) is 12.3 Å². The number of terminal acetylenes is 1. The van der Waals surface area contributed by atoms with Crippen LogP contribution in [0.4, 0.5) is 0 Å². The lowest BCUT2D eigenvalue weighted by molar-refractivity contribution is -0.134. The third-order valence-electron chi connectivity index (χ3n) is 4.45. The first kappa shape index (κ1) is 12.4. The fourth-order valence-electron chi connectivity index (χ4n) is 3.28. The molecule has 1 heterocycles. The Morgan fingerprint density at radius 3 is 2.41 bits per heavy atom. The van der Waals surface area contributed by atoms with E-state index < -0.39 is 6.04 Å². The molecule has 17 heavy (non-hydrogen) atoms. The maximum absolute atomic E-state index is 12.0. The van der Waals surface area contributed by atoms with Crippen LogP contribution in [0.2, 0.25) is 0 Å². The summed E-state index contributed by atoms with van der Waals surface area (Å²) < 4.78 is 0. The first-order valence-electron chi connectivity index (χ1n) is 6.65. The van der Waals surface area contributed by atoms with Gasteiger partial charge in [0.1, 0.15) is 0 Å². The zero-order valence-corrected chi connectivity index (χ0v) is 10.5. The summed E-state index contributed by atoms with van der Waals surface area (Å²) in [6, 6.07) is -0.502. The molecule has 0 aromatic heterocycles. The number of piperidine rings is 1. The Morgan fingerprint density at radius 1 is 1.29 bits per heavy atom. The minimum Gasteiger partial charge on any atom is -0.341 e. The second-order valence-electron chi connectivity index (χ2n) is 5.55. The Bertz CT molecular complexity index is 316. The number of nitrogens with two attached hydrogens (primary N) is 1. The lowest BCUT2D eigenvalue weighted by Gasteiger charge is -2.40. The normalized spacial score (nSPS) is 24.6. The van der Waals surface area contributed by atoms with Crippen LogP contribution in [0.15, 0.2) is 0 Å². The highest BCUT2D eigenvalue weighted by atomic mass is 16.2. The molecule has 1 saturated heterocycles. The molecule has 0 aromatic rings. The van der Waals surface area contributed by atoms with Crippen LogP contribution in [0.5, 0.6) is 0 Å². The number of rotatable bonds is 2. The molecule has 1 aliphatic heterocycles. The molecule has 1 saturated carbocycles. The van der Waals surface area contributed by atoms with Crippen molar-refractivity contribution >= 4 is 5.91 Å². The zero-order valence-electron chi connectivity index (χ0n) is 10.5. The van der Waals surface area contributed by atoms with Gasteiger partial charge in [-0.2, -0.15) is 0 Å². The van der Waals surface area contributed by atoms with Gasteiger partial charge in [-0.15, -0.1) is 12.3 Å². The van der Waals surface area contributed by atoms with Gasteiger partial charge in [0.2, 0.25) is 5.91 Å². The van der Waals surface area contributed by atoms with Gasteiger partial charge in [0, 0.05) is 19.5 Å². The molecule has 1 amide bonds. The van der Waals surface area contributed by atoms with Gasteiger partial charge >= 0.3 is 0 Å². The van der Waals surface area contributed by atoms with Crippen LogP contribution in [0.3, 0.4) is 0 Å². The SMILES string of the molecule is C#CCC(N)C(=O)N1CCC2(CCCC2)CC1. The number of hydrogen-bond acceptors (Lipinski definition) is 2. The fourth-order valence-corrected chi connectivity index (χ4v) is 3.28. The topological polar surface area (TPSA) is 46.3 Å². The van der Waals surface area contributed by atoms with Gasteiger partial charge in [0.05, 0.1) is 6.04 Å². The molecule has 3 heteroatoms. The van der Waals surface area contributed by atoms with Crippen LogP contribution < -0.4 is 5.73 Å². The minimum absolute atomic E-state index is 0.0378. The van der Waals surface area contributed by atoms with Crippen LogP contribution in [-0.2, 0) is 4.79 Å². The van der Waals surface area contributed by atoms with E-state index in [0.29, 0.717) is 11.8 Å². The van der Waals surface area contributed by atoms with Crippen molar-refractivity contribution in [2.24, 2.45) is 11.1 Å². The second-order valence-corrected chi connectivity index (χ2v) is 5.55. The summed E-state index contributed by atoms with van der Waals surface area (Å²) >= 11 is 0. The number of carbonyl (C=O) groups excluding carboxylic acids is 1. The first-order chi connectivity index (χ1) is 8.17. The predicted molar refractivity (Wildman–Crippen MR) is 68.1 cm³/mol. The van der Waals surface area contributed by atoms with Crippen LogP contribution >= 0.6 is 0 Å². The smallest absolute Gasteiger partial charge is 0.240 e. The molecule has 0 aromatic carbocycles. The highest BCUT2D eigenvalue weighted by molar-refractivity contribution is 5.82. The highest BCUT2D eigenvalue weighted by Crippen LogP contribution is 2.46. The van der Waals surface area contributed by atoms with Crippen molar-refractivity contribution < 1.29 is 4.79 Å². The zero-order chi connectivity index (χ0) is 12.3. The molecular weight excluding hydrogens is 212 g/mol. The van der Waals surface area contributed by atoms with Gasteiger partial charge in [-0.1, -0.05) is 12.8 Å². The monoisotopic (exact) mass is 234 g/mol. The maximum Gasteiger partial charge on any atom is 0.240 e. The van der Waals surface area contributed by atoms with E-state index in [4.69, 9.17) is 12.2 Å². The highest BCUT2D eigenvalue weighted by Gasteiger charge is 2.38. The molecule has 1 aliphatic carbocycles. The standard InChI is InChI=1S/C14H22N2O/c1-2-5-12(15)13(17)16-10-8-14(9-11-16)6-3-4-7-14/h1,12H,3-11,15H2. The molecule has 2 fully saturated rings. The van der Waals surface area contributed by atoms with Gasteiger partial charge in [-0.3, -0.25) is 4.79 Å². The van der Waals surface area contributed by atoms with E-state index in [2.05, 4.69) is 5.92 Å². The maximum atomic E-state index is 12.0. The van der Waals surface area contributed by atoms with Crippen LogP contribution in [0, 0.1) is 17.8 Å². The van der Waals surface area contributed by atoms with Gasteiger partial charge in [-0.25, -0.2) is 0 Å². The minimum atomic E-state index is -0.502. The van der Waals surface area contributed by atoms with Gasteiger partial charge < -0.3 is 10.6 Å². The lowest BCUT2D eigenvalue weighted by atomic mass is 9.77. The van der Waals surface area contributed by atoms with Crippen LogP contribution in [0.25, 0.3) is 0 Å². The van der Waals surface area contributed by atoms with E-state index in [1.165, 1.54) is 25.7 Å². The Morgan fingerprint density at radius 2 is 1.88 bits per heavy atom. The van der Waals surface area contributed by atoms with Gasteiger partial charge in [0.15, 0.2) is 0 Å². The molecule has 0 radical (unpaired) electrons. The van der Waals surface area contributed by atoms with E-state index in [0.717, 1.165) is 25.9 Å². The van der Waals surface area contributed by atoms with Crippen molar-refractivity contribution in [2.45, 2.75) is 51.0 Å². The van der Waals surface area contributed by atoms with Crippen LogP contribution in [-0.4, -0.2) is 29.9 Å². The van der Waals surface area contributed by atoms with E-state index in [-0.39, 0.29) is 5.91 Å². The number of likely N-dealkylation sites (tertiary alicyclic amines) is 1. The summed E-state index contributed by atoms with van der Waals surface area (Å²) in [5, 5.41) is 0.